The normalized spacial score (nSPS) is 20.4. The molecule has 160 valence electrons. The Morgan fingerprint density at radius 1 is 0.968 bits per heavy atom. The molecule has 1 N–H and O–H groups in total. The molecule has 1 saturated carbocycles. The zero-order chi connectivity index (χ0) is 21.5. The lowest BCUT2D eigenvalue weighted by Crippen LogP contribution is -2.16. The van der Waals surface area contributed by atoms with Crippen LogP contribution in [-0.2, 0) is 0 Å². The monoisotopic (exact) mass is 423 g/mol. The standard InChI is InChI=1S/C25H24F3N3/c1-14(25-30-23-12-20(27)21(28)13-24(23)31-25)10-15-2-4-16(5-3-15)18-8-9-29-22-7-6-17(26)11-19(18)22/h6-9,11-16H,2-5,10H2,1H3,(H,30,31). The van der Waals surface area contributed by atoms with Gasteiger partial charge in [-0.1, -0.05) is 6.92 Å². The second-order valence-corrected chi connectivity index (χ2v) is 8.82. The molecule has 1 aliphatic carbocycles. The van der Waals surface area contributed by atoms with Crippen LogP contribution >= 0.6 is 0 Å². The van der Waals surface area contributed by atoms with E-state index in [0.717, 1.165) is 54.9 Å². The van der Waals surface area contributed by atoms with E-state index in [0.29, 0.717) is 22.9 Å². The summed E-state index contributed by atoms with van der Waals surface area (Å²) in [6, 6.07) is 9.14. The van der Waals surface area contributed by atoms with Gasteiger partial charge in [-0.05, 0) is 73.8 Å². The topological polar surface area (TPSA) is 41.6 Å². The van der Waals surface area contributed by atoms with E-state index in [9.17, 15) is 13.2 Å². The summed E-state index contributed by atoms with van der Waals surface area (Å²) in [5.74, 6) is -0.0328. The molecular formula is C25H24F3N3. The van der Waals surface area contributed by atoms with Crippen LogP contribution in [0.5, 0.6) is 0 Å². The molecule has 0 radical (unpaired) electrons. The number of nitrogens with zero attached hydrogens (tertiary/aromatic N) is 2. The summed E-state index contributed by atoms with van der Waals surface area (Å²) in [7, 11) is 0. The van der Waals surface area contributed by atoms with Crippen molar-refractivity contribution in [2.45, 2.75) is 50.9 Å². The summed E-state index contributed by atoms with van der Waals surface area (Å²) < 4.78 is 40.7. The molecule has 6 heteroatoms. The number of halogens is 3. The van der Waals surface area contributed by atoms with Crippen LogP contribution in [0.2, 0.25) is 0 Å². The predicted molar refractivity (Wildman–Crippen MR) is 115 cm³/mol. The molecule has 1 unspecified atom stereocenters. The average molecular weight is 423 g/mol. The number of rotatable bonds is 4. The summed E-state index contributed by atoms with van der Waals surface area (Å²) in [5, 5.41) is 0.918. The molecule has 31 heavy (non-hydrogen) atoms. The molecule has 0 bridgehead atoms. The summed E-state index contributed by atoms with van der Waals surface area (Å²) in [4.78, 5) is 12.0. The number of hydrogen-bond acceptors (Lipinski definition) is 2. The molecule has 2 aromatic heterocycles. The SMILES string of the molecule is CC(CC1CCC(c2ccnc3ccc(F)cc23)CC1)c1nc2cc(F)c(F)cc2[nH]1. The molecule has 1 aliphatic rings. The van der Waals surface area contributed by atoms with Gasteiger partial charge < -0.3 is 4.98 Å². The molecule has 0 spiro atoms. The highest BCUT2D eigenvalue weighted by molar-refractivity contribution is 5.82. The van der Waals surface area contributed by atoms with Crippen molar-refractivity contribution in [2.24, 2.45) is 5.92 Å². The third-order valence-corrected chi connectivity index (χ3v) is 6.72. The van der Waals surface area contributed by atoms with Crippen molar-refractivity contribution >= 4 is 21.9 Å². The second kappa shape index (κ2) is 7.98. The summed E-state index contributed by atoms with van der Waals surface area (Å²) in [6.07, 6.45) is 7.10. The third kappa shape index (κ3) is 3.91. The first-order valence-corrected chi connectivity index (χ1v) is 10.9. The van der Waals surface area contributed by atoms with Crippen molar-refractivity contribution in [1.29, 1.82) is 0 Å². The van der Waals surface area contributed by atoms with Gasteiger partial charge in [-0.2, -0.15) is 0 Å². The quantitative estimate of drug-likeness (QED) is 0.384. The Kier molecular flexibility index (Phi) is 5.16. The van der Waals surface area contributed by atoms with Gasteiger partial charge in [0.05, 0.1) is 16.6 Å². The van der Waals surface area contributed by atoms with E-state index in [1.54, 1.807) is 12.1 Å². The molecular weight excluding hydrogens is 399 g/mol. The van der Waals surface area contributed by atoms with E-state index in [2.05, 4.69) is 21.9 Å². The van der Waals surface area contributed by atoms with Gasteiger partial charge in [-0.3, -0.25) is 4.98 Å². The van der Waals surface area contributed by atoms with Gasteiger partial charge in [0, 0.05) is 29.6 Å². The minimum absolute atomic E-state index is 0.177. The number of benzene rings is 2. The molecule has 2 heterocycles. The number of aromatic amines is 1. The number of hydrogen-bond donors (Lipinski definition) is 1. The highest BCUT2D eigenvalue weighted by atomic mass is 19.2. The molecule has 1 atom stereocenters. The van der Waals surface area contributed by atoms with Crippen molar-refractivity contribution in [3.05, 3.63) is 71.4 Å². The Morgan fingerprint density at radius 2 is 1.74 bits per heavy atom. The maximum absolute atomic E-state index is 13.8. The van der Waals surface area contributed by atoms with E-state index >= 15 is 0 Å². The smallest absolute Gasteiger partial charge is 0.161 e. The first-order valence-electron chi connectivity index (χ1n) is 10.9. The third-order valence-electron chi connectivity index (χ3n) is 6.72. The minimum Gasteiger partial charge on any atom is -0.342 e. The average Bonchev–Trinajstić information content (AvgIpc) is 3.17. The van der Waals surface area contributed by atoms with E-state index in [-0.39, 0.29) is 11.7 Å². The van der Waals surface area contributed by atoms with Crippen molar-refractivity contribution < 1.29 is 13.2 Å². The fourth-order valence-corrected chi connectivity index (χ4v) is 5.07. The van der Waals surface area contributed by atoms with Crippen LogP contribution in [0.25, 0.3) is 21.9 Å². The lowest BCUT2D eigenvalue weighted by atomic mass is 9.75. The fraction of sp³-hybridized carbons (Fsp3) is 0.360. The van der Waals surface area contributed by atoms with Crippen LogP contribution in [0.1, 0.15) is 62.3 Å². The first-order chi connectivity index (χ1) is 15.0. The van der Waals surface area contributed by atoms with Gasteiger partial charge >= 0.3 is 0 Å². The Labute approximate surface area is 178 Å². The molecule has 0 amide bonds. The van der Waals surface area contributed by atoms with Gasteiger partial charge in [0.25, 0.3) is 0 Å². The van der Waals surface area contributed by atoms with Gasteiger partial charge in [0.15, 0.2) is 11.6 Å². The van der Waals surface area contributed by atoms with E-state index in [4.69, 9.17) is 0 Å². The highest BCUT2D eigenvalue weighted by Gasteiger charge is 2.26. The Balaban J connectivity index is 1.27. The molecule has 3 nitrogen and oxygen atoms in total. The van der Waals surface area contributed by atoms with Crippen molar-refractivity contribution in [2.75, 3.05) is 0 Å². The first kappa shape index (κ1) is 20.0. The second-order valence-electron chi connectivity index (χ2n) is 8.82. The molecule has 0 saturated heterocycles. The molecule has 1 fully saturated rings. The summed E-state index contributed by atoms with van der Waals surface area (Å²) >= 11 is 0. The van der Waals surface area contributed by atoms with Crippen LogP contribution in [0.15, 0.2) is 42.6 Å². The molecule has 0 aliphatic heterocycles. The number of fused-ring (bicyclic) bond motifs is 2. The van der Waals surface area contributed by atoms with Crippen LogP contribution in [0.4, 0.5) is 13.2 Å². The Bertz CT molecular complexity index is 1200. The van der Waals surface area contributed by atoms with Gasteiger partial charge in [-0.25, -0.2) is 18.2 Å². The van der Waals surface area contributed by atoms with Crippen LogP contribution in [0, 0.1) is 23.4 Å². The zero-order valence-corrected chi connectivity index (χ0v) is 17.3. The Morgan fingerprint density at radius 3 is 2.55 bits per heavy atom. The zero-order valence-electron chi connectivity index (χ0n) is 17.3. The van der Waals surface area contributed by atoms with Crippen LogP contribution in [0.3, 0.4) is 0 Å². The Hall–Kier alpha value is -2.89. The molecule has 5 rings (SSSR count). The fourth-order valence-electron chi connectivity index (χ4n) is 5.07. The highest BCUT2D eigenvalue weighted by Crippen LogP contribution is 2.41. The molecule has 4 aromatic rings. The van der Waals surface area contributed by atoms with Gasteiger partial charge in [-0.15, -0.1) is 0 Å². The maximum atomic E-state index is 13.8. The predicted octanol–water partition coefficient (Wildman–Crippen LogP) is 7.00. The van der Waals surface area contributed by atoms with Gasteiger partial charge in [0.1, 0.15) is 11.6 Å². The van der Waals surface area contributed by atoms with Crippen LogP contribution < -0.4 is 0 Å². The number of imidazole rings is 1. The lowest BCUT2D eigenvalue weighted by molar-refractivity contribution is 0.296. The lowest BCUT2D eigenvalue weighted by Gasteiger charge is -2.30. The molecule has 2 aromatic carbocycles. The van der Waals surface area contributed by atoms with Crippen LogP contribution in [-0.4, -0.2) is 15.0 Å². The summed E-state index contributed by atoms with van der Waals surface area (Å²) in [5.41, 5.74) is 3.02. The van der Waals surface area contributed by atoms with Gasteiger partial charge in [0.2, 0.25) is 0 Å². The number of nitrogens with one attached hydrogen (secondary N) is 1. The van der Waals surface area contributed by atoms with Crippen molar-refractivity contribution in [1.82, 2.24) is 15.0 Å². The largest absolute Gasteiger partial charge is 0.342 e. The number of aromatic nitrogens is 3. The van der Waals surface area contributed by atoms with Crippen molar-refractivity contribution in [3.8, 4) is 0 Å². The minimum atomic E-state index is -0.875. The number of H-pyrrole nitrogens is 1. The van der Waals surface area contributed by atoms with E-state index < -0.39 is 11.6 Å². The van der Waals surface area contributed by atoms with E-state index in [1.807, 2.05) is 12.3 Å². The van der Waals surface area contributed by atoms with Crippen molar-refractivity contribution in [3.63, 3.8) is 0 Å². The van der Waals surface area contributed by atoms with E-state index in [1.165, 1.54) is 17.7 Å². The maximum Gasteiger partial charge on any atom is 0.161 e. The summed E-state index contributed by atoms with van der Waals surface area (Å²) in [6.45, 7) is 2.11. The number of pyridine rings is 1.